The lowest BCUT2D eigenvalue weighted by atomic mass is 10.2. The zero-order chi connectivity index (χ0) is 16.6. The van der Waals surface area contributed by atoms with Gasteiger partial charge in [0.2, 0.25) is 0 Å². The second-order valence-corrected chi connectivity index (χ2v) is 5.69. The number of nitrogens with one attached hydrogen (secondary N) is 1. The van der Waals surface area contributed by atoms with E-state index in [-0.39, 0.29) is 23.4 Å². The van der Waals surface area contributed by atoms with Gasteiger partial charge in [-0.3, -0.25) is 4.79 Å². The van der Waals surface area contributed by atoms with E-state index in [4.69, 9.17) is 0 Å². The third-order valence-electron chi connectivity index (χ3n) is 2.57. The highest BCUT2D eigenvalue weighted by molar-refractivity contribution is 7.89. The van der Waals surface area contributed by atoms with Crippen molar-refractivity contribution in [3.8, 4) is 0 Å². The van der Waals surface area contributed by atoms with Gasteiger partial charge >= 0.3 is 11.9 Å². The second-order valence-electron chi connectivity index (χ2n) is 4.03. The molecule has 0 saturated carbocycles. The van der Waals surface area contributed by atoms with Crippen molar-refractivity contribution in [1.82, 2.24) is 4.83 Å². The number of rotatable bonds is 7. The van der Waals surface area contributed by atoms with Crippen LogP contribution in [0.1, 0.15) is 12.8 Å². The average molecular weight is 328 g/mol. The van der Waals surface area contributed by atoms with E-state index in [2.05, 4.69) is 14.6 Å². The van der Waals surface area contributed by atoms with E-state index in [1.165, 1.54) is 19.2 Å². The number of nitrogens with zero attached hydrogens (tertiary/aromatic N) is 1. The summed E-state index contributed by atoms with van der Waals surface area (Å²) < 4.78 is 32.9. The quantitative estimate of drug-likeness (QED) is 0.442. The first kappa shape index (κ1) is 17.6. The molecule has 0 bridgehead atoms. The number of sulfonamides is 1. The molecule has 22 heavy (non-hydrogen) atoms. The number of benzene rings is 1. The van der Waals surface area contributed by atoms with E-state index < -0.39 is 22.0 Å². The molecule has 1 aromatic rings. The number of hydrazone groups is 1. The molecule has 0 aliphatic rings. The van der Waals surface area contributed by atoms with Crippen LogP contribution < -0.4 is 4.83 Å². The first-order chi connectivity index (χ1) is 10.4. The van der Waals surface area contributed by atoms with Crippen LogP contribution >= 0.6 is 0 Å². The molecule has 0 aliphatic heterocycles. The van der Waals surface area contributed by atoms with Crippen molar-refractivity contribution >= 4 is 27.7 Å². The largest absolute Gasteiger partial charge is 0.469 e. The summed E-state index contributed by atoms with van der Waals surface area (Å²) in [4.78, 5) is 24.5. The molecule has 9 heteroatoms. The number of hydrogen-bond donors (Lipinski definition) is 1. The third kappa shape index (κ3) is 5.17. The smallest absolute Gasteiger partial charge is 0.354 e. The number of carbonyl (C=O) groups excluding carboxylic acids is 2. The molecule has 1 rings (SSSR count). The number of hydrogen-bond acceptors (Lipinski definition) is 7. The molecule has 0 aromatic heterocycles. The van der Waals surface area contributed by atoms with Gasteiger partial charge in [-0.25, -0.2) is 4.79 Å². The van der Waals surface area contributed by atoms with Gasteiger partial charge in [-0.15, -0.1) is 0 Å². The Morgan fingerprint density at radius 1 is 1.09 bits per heavy atom. The zero-order valence-corrected chi connectivity index (χ0v) is 12.9. The molecular formula is C13H16N2O6S. The minimum Gasteiger partial charge on any atom is -0.469 e. The molecule has 0 spiro atoms. The Hall–Kier alpha value is -2.42. The maximum Gasteiger partial charge on any atom is 0.354 e. The molecule has 0 heterocycles. The van der Waals surface area contributed by atoms with Crippen molar-refractivity contribution in [2.24, 2.45) is 5.10 Å². The summed E-state index contributed by atoms with van der Waals surface area (Å²) in [7, 11) is -1.57. The molecule has 0 unspecified atom stereocenters. The average Bonchev–Trinajstić information content (AvgIpc) is 2.54. The fourth-order valence-electron chi connectivity index (χ4n) is 1.41. The molecule has 0 saturated heterocycles. The fraction of sp³-hybridized carbons (Fsp3) is 0.308. The molecule has 0 amide bonds. The highest BCUT2D eigenvalue weighted by atomic mass is 32.2. The summed E-state index contributed by atoms with van der Waals surface area (Å²) in [5.41, 5.74) is -0.229. The van der Waals surface area contributed by atoms with Gasteiger partial charge in [0.15, 0.2) is 0 Å². The lowest BCUT2D eigenvalue weighted by Crippen LogP contribution is -2.25. The highest BCUT2D eigenvalue weighted by Crippen LogP contribution is 2.07. The summed E-state index contributed by atoms with van der Waals surface area (Å²) in [5.74, 6) is -1.39. The Morgan fingerprint density at radius 3 is 2.27 bits per heavy atom. The van der Waals surface area contributed by atoms with Crippen molar-refractivity contribution in [2.75, 3.05) is 14.2 Å². The van der Waals surface area contributed by atoms with Gasteiger partial charge in [0.1, 0.15) is 5.71 Å². The van der Waals surface area contributed by atoms with Gasteiger partial charge in [0, 0.05) is 6.42 Å². The Kier molecular flexibility index (Phi) is 6.51. The van der Waals surface area contributed by atoms with Crippen LogP contribution in [0.15, 0.2) is 40.3 Å². The molecule has 0 fully saturated rings. The Bertz CT molecular complexity index is 654. The van der Waals surface area contributed by atoms with Crippen LogP contribution in [0, 0.1) is 0 Å². The Balaban J connectivity index is 2.88. The lowest BCUT2D eigenvalue weighted by Gasteiger charge is -2.06. The number of carbonyl (C=O) groups is 2. The van der Waals surface area contributed by atoms with Gasteiger partial charge in [-0.1, -0.05) is 18.2 Å². The molecule has 0 atom stereocenters. The number of ether oxygens (including phenoxy) is 2. The normalized spacial score (nSPS) is 11.6. The maximum atomic E-state index is 12.0. The van der Waals surface area contributed by atoms with Crippen LogP contribution in [-0.4, -0.2) is 40.3 Å². The van der Waals surface area contributed by atoms with Crippen molar-refractivity contribution < 1.29 is 27.5 Å². The highest BCUT2D eigenvalue weighted by Gasteiger charge is 2.17. The molecule has 120 valence electrons. The molecule has 0 aliphatic carbocycles. The van der Waals surface area contributed by atoms with Crippen LogP contribution in [0.4, 0.5) is 0 Å². The summed E-state index contributed by atoms with van der Waals surface area (Å²) in [6.07, 6.45) is -0.242. The predicted octanol–water partition coefficient (Wildman–Crippen LogP) is 0.447. The van der Waals surface area contributed by atoms with Gasteiger partial charge in [-0.2, -0.15) is 18.4 Å². The van der Waals surface area contributed by atoms with Gasteiger partial charge < -0.3 is 9.47 Å². The topological polar surface area (TPSA) is 111 Å². The third-order valence-corrected chi connectivity index (χ3v) is 3.79. The van der Waals surface area contributed by atoms with Crippen molar-refractivity contribution in [2.45, 2.75) is 17.7 Å². The molecular weight excluding hydrogens is 312 g/mol. The molecule has 8 nitrogen and oxygen atoms in total. The number of esters is 2. The molecule has 0 radical (unpaired) electrons. The standard InChI is InChI=1S/C13H16N2O6S/c1-20-12(16)9-8-11(13(17)21-2)14-15-22(18,19)10-6-4-3-5-7-10/h3-7,15H,8-9H2,1-2H3/b14-11+. The van der Waals surface area contributed by atoms with Crippen molar-refractivity contribution in [3.63, 3.8) is 0 Å². The van der Waals surface area contributed by atoms with Gasteiger partial charge in [0.05, 0.1) is 25.5 Å². The van der Waals surface area contributed by atoms with E-state index >= 15 is 0 Å². The monoisotopic (exact) mass is 328 g/mol. The van der Waals surface area contributed by atoms with E-state index in [0.29, 0.717) is 0 Å². The van der Waals surface area contributed by atoms with Crippen molar-refractivity contribution in [1.29, 1.82) is 0 Å². The number of methoxy groups -OCH3 is 2. The zero-order valence-electron chi connectivity index (χ0n) is 12.1. The Morgan fingerprint density at radius 2 is 1.73 bits per heavy atom. The fourth-order valence-corrected chi connectivity index (χ4v) is 2.26. The van der Waals surface area contributed by atoms with Crippen LogP contribution in [0.3, 0.4) is 0 Å². The van der Waals surface area contributed by atoms with Crippen LogP contribution in [0.5, 0.6) is 0 Å². The van der Waals surface area contributed by atoms with Crippen LogP contribution in [-0.2, 0) is 29.1 Å². The summed E-state index contributed by atoms with van der Waals surface area (Å²) >= 11 is 0. The van der Waals surface area contributed by atoms with Crippen LogP contribution in [0.2, 0.25) is 0 Å². The summed E-state index contributed by atoms with van der Waals surface area (Å²) in [6, 6.07) is 7.53. The molecule has 1 N–H and O–H groups in total. The predicted molar refractivity (Wildman–Crippen MR) is 77.5 cm³/mol. The second kappa shape index (κ2) is 8.13. The van der Waals surface area contributed by atoms with E-state index in [1.807, 2.05) is 4.83 Å². The SMILES string of the molecule is COC(=O)CC/C(=N\NS(=O)(=O)c1ccccc1)C(=O)OC. The minimum absolute atomic E-state index is 0.00377. The minimum atomic E-state index is -3.90. The summed E-state index contributed by atoms with van der Waals surface area (Å²) in [5, 5.41) is 3.55. The van der Waals surface area contributed by atoms with Crippen molar-refractivity contribution in [3.05, 3.63) is 30.3 Å². The van der Waals surface area contributed by atoms with E-state index in [1.54, 1.807) is 18.2 Å². The molecule has 1 aromatic carbocycles. The first-order valence-corrected chi connectivity index (χ1v) is 7.67. The van der Waals surface area contributed by atoms with E-state index in [0.717, 1.165) is 7.11 Å². The maximum absolute atomic E-state index is 12.0. The first-order valence-electron chi connectivity index (χ1n) is 6.19. The van der Waals surface area contributed by atoms with Gasteiger partial charge in [-0.05, 0) is 12.1 Å². The van der Waals surface area contributed by atoms with Crippen LogP contribution in [0.25, 0.3) is 0 Å². The van der Waals surface area contributed by atoms with E-state index in [9.17, 15) is 18.0 Å². The van der Waals surface area contributed by atoms with Gasteiger partial charge in [0.25, 0.3) is 10.0 Å². The Labute approximate surface area is 128 Å². The summed E-state index contributed by atoms with van der Waals surface area (Å²) in [6.45, 7) is 0. The lowest BCUT2D eigenvalue weighted by molar-refractivity contribution is -0.140.